The summed E-state index contributed by atoms with van der Waals surface area (Å²) in [7, 11) is 2.87. The Morgan fingerprint density at radius 2 is 2.05 bits per heavy atom. The average molecular weight is 264 g/mol. The van der Waals surface area contributed by atoms with Gasteiger partial charge in [-0.25, -0.2) is 13.9 Å². The second-order valence-corrected chi connectivity index (χ2v) is 3.74. The molecule has 19 heavy (non-hydrogen) atoms. The standard InChI is InChI=1S/C12H13FN4O2/c1-15-11-9(12(18)19-2)10(14)17(16-11)8-5-3-7(13)4-6-8/h3-6H,14H2,1-2H3,(H,15,16). The van der Waals surface area contributed by atoms with Crippen molar-refractivity contribution in [2.75, 3.05) is 25.2 Å². The molecule has 1 aromatic heterocycles. The van der Waals surface area contributed by atoms with E-state index < -0.39 is 5.97 Å². The minimum Gasteiger partial charge on any atom is -0.465 e. The molecule has 0 aliphatic heterocycles. The lowest BCUT2D eigenvalue weighted by Crippen LogP contribution is -2.08. The Kier molecular flexibility index (Phi) is 3.37. The first-order valence-electron chi connectivity index (χ1n) is 5.49. The second-order valence-electron chi connectivity index (χ2n) is 3.74. The Balaban J connectivity index is 2.56. The van der Waals surface area contributed by atoms with Crippen LogP contribution in [0.3, 0.4) is 0 Å². The van der Waals surface area contributed by atoms with Gasteiger partial charge in [0.2, 0.25) is 0 Å². The van der Waals surface area contributed by atoms with E-state index in [0.717, 1.165) is 0 Å². The van der Waals surface area contributed by atoms with E-state index in [1.165, 1.54) is 36.1 Å². The first-order valence-corrected chi connectivity index (χ1v) is 5.49. The van der Waals surface area contributed by atoms with E-state index in [9.17, 15) is 9.18 Å². The minimum atomic E-state index is -0.588. The Hall–Kier alpha value is -2.57. The molecule has 0 saturated carbocycles. The van der Waals surface area contributed by atoms with Gasteiger partial charge in [0.15, 0.2) is 5.82 Å². The van der Waals surface area contributed by atoms with Crippen molar-refractivity contribution in [1.29, 1.82) is 0 Å². The number of nitrogens with one attached hydrogen (secondary N) is 1. The number of ether oxygens (including phenoxy) is 1. The highest BCUT2D eigenvalue weighted by Crippen LogP contribution is 2.25. The first kappa shape index (κ1) is 12.9. The van der Waals surface area contributed by atoms with Crippen LogP contribution in [0.15, 0.2) is 24.3 Å². The van der Waals surface area contributed by atoms with Crippen LogP contribution in [0.2, 0.25) is 0 Å². The molecule has 0 amide bonds. The van der Waals surface area contributed by atoms with Gasteiger partial charge in [0.1, 0.15) is 17.2 Å². The summed E-state index contributed by atoms with van der Waals surface area (Å²) in [6, 6.07) is 5.60. The molecule has 3 N–H and O–H groups in total. The molecule has 0 radical (unpaired) electrons. The molecule has 0 aliphatic rings. The number of hydrogen-bond donors (Lipinski definition) is 2. The van der Waals surface area contributed by atoms with Crippen molar-refractivity contribution in [1.82, 2.24) is 9.78 Å². The largest absolute Gasteiger partial charge is 0.465 e. The molecule has 0 atom stereocenters. The molecule has 100 valence electrons. The van der Waals surface area contributed by atoms with Crippen molar-refractivity contribution in [2.45, 2.75) is 0 Å². The monoisotopic (exact) mass is 264 g/mol. The van der Waals surface area contributed by atoms with Crippen LogP contribution in [0.4, 0.5) is 16.0 Å². The Morgan fingerprint density at radius 3 is 2.58 bits per heavy atom. The van der Waals surface area contributed by atoms with Gasteiger partial charge in [0, 0.05) is 7.05 Å². The van der Waals surface area contributed by atoms with E-state index >= 15 is 0 Å². The summed E-state index contributed by atoms with van der Waals surface area (Å²) >= 11 is 0. The number of nitrogens with zero attached hydrogens (tertiary/aromatic N) is 2. The second kappa shape index (κ2) is 4.97. The van der Waals surface area contributed by atoms with Crippen molar-refractivity contribution < 1.29 is 13.9 Å². The minimum absolute atomic E-state index is 0.128. The summed E-state index contributed by atoms with van der Waals surface area (Å²) in [5, 5.41) is 6.92. The molecule has 7 heteroatoms. The molecule has 0 unspecified atom stereocenters. The number of aromatic nitrogens is 2. The number of nitrogen functional groups attached to an aromatic ring is 1. The molecule has 0 aliphatic carbocycles. The third kappa shape index (κ3) is 2.22. The molecule has 0 bridgehead atoms. The number of methoxy groups -OCH3 is 1. The van der Waals surface area contributed by atoms with Crippen LogP contribution in [0.25, 0.3) is 5.69 Å². The summed E-state index contributed by atoms with van der Waals surface area (Å²) in [6.45, 7) is 0. The fourth-order valence-electron chi connectivity index (χ4n) is 1.69. The van der Waals surface area contributed by atoms with Gasteiger partial charge in [-0.1, -0.05) is 0 Å². The predicted molar refractivity (Wildman–Crippen MR) is 68.8 cm³/mol. The van der Waals surface area contributed by atoms with Crippen LogP contribution in [0, 0.1) is 5.82 Å². The quantitative estimate of drug-likeness (QED) is 0.819. The number of hydrogen-bond acceptors (Lipinski definition) is 5. The zero-order valence-corrected chi connectivity index (χ0v) is 10.5. The topological polar surface area (TPSA) is 82.2 Å². The highest BCUT2D eigenvalue weighted by Gasteiger charge is 2.22. The smallest absolute Gasteiger partial charge is 0.345 e. The van der Waals surface area contributed by atoms with E-state index in [1.807, 2.05) is 0 Å². The molecule has 1 heterocycles. The molecule has 0 fully saturated rings. The van der Waals surface area contributed by atoms with Gasteiger partial charge >= 0.3 is 5.97 Å². The van der Waals surface area contributed by atoms with Crippen LogP contribution >= 0.6 is 0 Å². The van der Waals surface area contributed by atoms with Crippen LogP contribution < -0.4 is 11.1 Å². The summed E-state index contributed by atoms with van der Waals surface area (Å²) in [5.41, 5.74) is 6.59. The van der Waals surface area contributed by atoms with Crippen molar-refractivity contribution in [2.24, 2.45) is 0 Å². The van der Waals surface area contributed by atoms with E-state index in [2.05, 4.69) is 15.2 Å². The Bertz CT molecular complexity index is 607. The summed E-state index contributed by atoms with van der Waals surface area (Å²) in [4.78, 5) is 11.7. The molecule has 2 aromatic rings. The lowest BCUT2D eigenvalue weighted by molar-refractivity contribution is 0.0603. The number of nitrogens with two attached hydrogens (primary N) is 1. The normalized spacial score (nSPS) is 10.3. The van der Waals surface area contributed by atoms with Gasteiger partial charge in [-0.2, -0.15) is 0 Å². The van der Waals surface area contributed by atoms with Crippen molar-refractivity contribution in [3.8, 4) is 5.69 Å². The maximum Gasteiger partial charge on any atom is 0.345 e. The van der Waals surface area contributed by atoms with E-state index in [1.54, 1.807) is 7.05 Å². The number of benzene rings is 1. The van der Waals surface area contributed by atoms with Gasteiger partial charge in [-0.05, 0) is 24.3 Å². The highest BCUT2D eigenvalue weighted by molar-refractivity contribution is 5.99. The fraction of sp³-hybridized carbons (Fsp3) is 0.167. The molecular formula is C12H13FN4O2. The number of carbonyl (C=O) groups is 1. The summed E-state index contributed by atoms with van der Waals surface area (Å²) in [5.74, 6) is -0.525. The first-order chi connectivity index (χ1) is 9.08. The fourth-order valence-corrected chi connectivity index (χ4v) is 1.69. The Morgan fingerprint density at radius 1 is 1.42 bits per heavy atom. The van der Waals surface area contributed by atoms with Crippen molar-refractivity contribution >= 4 is 17.6 Å². The summed E-state index contributed by atoms with van der Waals surface area (Å²) in [6.07, 6.45) is 0. The van der Waals surface area contributed by atoms with Crippen LogP contribution in [0.1, 0.15) is 10.4 Å². The van der Waals surface area contributed by atoms with E-state index in [-0.39, 0.29) is 17.2 Å². The zero-order valence-electron chi connectivity index (χ0n) is 10.5. The average Bonchev–Trinajstić information content (AvgIpc) is 2.76. The molecule has 0 spiro atoms. The lowest BCUT2D eigenvalue weighted by atomic mass is 10.3. The van der Waals surface area contributed by atoms with Gasteiger partial charge < -0.3 is 15.8 Å². The number of esters is 1. The molecule has 1 aromatic carbocycles. The molecule has 6 nitrogen and oxygen atoms in total. The number of carbonyl (C=O) groups excluding carboxylic acids is 1. The van der Waals surface area contributed by atoms with Crippen LogP contribution in [0.5, 0.6) is 0 Å². The van der Waals surface area contributed by atoms with Crippen molar-refractivity contribution in [3.05, 3.63) is 35.6 Å². The van der Waals surface area contributed by atoms with E-state index in [0.29, 0.717) is 11.5 Å². The van der Waals surface area contributed by atoms with Gasteiger partial charge in [0.25, 0.3) is 0 Å². The Labute approximate surface area is 109 Å². The predicted octanol–water partition coefficient (Wildman–Crippen LogP) is 1.42. The summed E-state index contributed by atoms with van der Waals surface area (Å²) < 4.78 is 18.9. The molecular weight excluding hydrogens is 251 g/mol. The third-order valence-corrected chi connectivity index (χ3v) is 2.62. The molecule has 2 rings (SSSR count). The lowest BCUT2D eigenvalue weighted by Gasteiger charge is -2.04. The highest BCUT2D eigenvalue weighted by atomic mass is 19.1. The number of anilines is 2. The van der Waals surface area contributed by atoms with Crippen molar-refractivity contribution in [3.63, 3.8) is 0 Å². The van der Waals surface area contributed by atoms with Gasteiger partial charge in [0.05, 0.1) is 12.8 Å². The third-order valence-electron chi connectivity index (χ3n) is 2.62. The maximum absolute atomic E-state index is 12.9. The number of rotatable bonds is 3. The number of halogens is 1. The van der Waals surface area contributed by atoms with Crippen LogP contribution in [-0.2, 0) is 4.74 Å². The van der Waals surface area contributed by atoms with Crippen LogP contribution in [-0.4, -0.2) is 29.9 Å². The van der Waals surface area contributed by atoms with Gasteiger partial charge in [-0.15, -0.1) is 5.10 Å². The maximum atomic E-state index is 12.9. The molecule has 0 saturated heterocycles. The zero-order chi connectivity index (χ0) is 14.0. The van der Waals surface area contributed by atoms with E-state index in [4.69, 9.17) is 5.73 Å². The van der Waals surface area contributed by atoms with Gasteiger partial charge in [-0.3, -0.25) is 0 Å². The SMILES string of the molecule is CNc1nn(-c2ccc(F)cc2)c(N)c1C(=O)OC.